The molecule has 0 N–H and O–H groups in total. The van der Waals surface area contributed by atoms with Gasteiger partial charge in [0.15, 0.2) is 0 Å². The average molecular weight is 367 g/mol. The summed E-state index contributed by atoms with van der Waals surface area (Å²) in [6.45, 7) is 3.91. The number of rotatable bonds is 4. The van der Waals surface area contributed by atoms with E-state index in [0.29, 0.717) is 6.04 Å². The molecule has 0 amide bonds. The molecule has 26 heavy (non-hydrogen) atoms. The zero-order valence-electron chi connectivity index (χ0n) is 15.2. The number of hydrogen-bond donors (Lipinski definition) is 0. The van der Waals surface area contributed by atoms with E-state index in [-0.39, 0.29) is 0 Å². The number of aromatic nitrogens is 1. The van der Waals surface area contributed by atoms with Gasteiger partial charge in [0, 0.05) is 18.0 Å². The Morgan fingerprint density at radius 3 is 2.88 bits per heavy atom. The molecule has 1 aliphatic rings. The van der Waals surface area contributed by atoms with Gasteiger partial charge in [-0.15, -0.1) is 0 Å². The molecule has 1 aromatic heterocycles. The van der Waals surface area contributed by atoms with Crippen LogP contribution in [0.15, 0.2) is 48.5 Å². The van der Waals surface area contributed by atoms with Gasteiger partial charge in [-0.1, -0.05) is 41.9 Å². The Balaban J connectivity index is 1.66. The third kappa shape index (κ3) is 3.17. The van der Waals surface area contributed by atoms with Gasteiger partial charge in [-0.05, 0) is 55.6 Å². The van der Waals surface area contributed by atoms with Crippen molar-refractivity contribution in [3.63, 3.8) is 0 Å². The van der Waals surface area contributed by atoms with E-state index in [1.54, 1.807) is 7.11 Å². The molecule has 134 valence electrons. The molecule has 3 aromatic rings. The summed E-state index contributed by atoms with van der Waals surface area (Å²) in [6, 6.07) is 17.0. The molecular weight excluding hydrogens is 344 g/mol. The number of hydrogen-bond acceptors (Lipinski definition) is 3. The Morgan fingerprint density at radius 2 is 2.04 bits per heavy atom. The number of ether oxygens (including phenoxy) is 1. The van der Waals surface area contributed by atoms with Crippen molar-refractivity contribution >= 4 is 22.5 Å². The standard InChI is InChI=1S/C22H23ClN2O/c1-15-18-9-3-4-10-19(18)24-20(22(15)23)14-25-12-6-11-21(25)16-7-5-8-17(13-16)26-2/h3-5,7-10,13,21H,6,11-12,14H2,1-2H3. The Bertz CT molecular complexity index is 941. The van der Waals surface area contributed by atoms with Crippen molar-refractivity contribution in [3.8, 4) is 5.75 Å². The van der Waals surface area contributed by atoms with E-state index in [0.717, 1.165) is 52.4 Å². The van der Waals surface area contributed by atoms with Crippen LogP contribution in [0.5, 0.6) is 5.75 Å². The van der Waals surface area contributed by atoms with E-state index in [9.17, 15) is 0 Å². The van der Waals surface area contributed by atoms with Crippen LogP contribution >= 0.6 is 11.6 Å². The maximum atomic E-state index is 6.68. The van der Waals surface area contributed by atoms with Crippen LogP contribution in [-0.2, 0) is 6.54 Å². The quantitative estimate of drug-likeness (QED) is 0.606. The topological polar surface area (TPSA) is 25.4 Å². The lowest BCUT2D eigenvalue weighted by Gasteiger charge is -2.25. The van der Waals surface area contributed by atoms with Crippen LogP contribution in [0.4, 0.5) is 0 Å². The van der Waals surface area contributed by atoms with Crippen LogP contribution in [0.25, 0.3) is 10.9 Å². The SMILES string of the molecule is COc1cccc(C2CCCN2Cc2nc3ccccc3c(C)c2Cl)c1. The van der Waals surface area contributed by atoms with Crippen LogP contribution in [-0.4, -0.2) is 23.5 Å². The Labute approximate surface area is 159 Å². The first-order valence-corrected chi connectivity index (χ1v) is 9.47. The first-order valence-electron chi connectivity index (χ1n) is 9.09. The molecule has 1 unspecified atom stereocenters. The number of benzene rings is 2. The predicted molar refractivity (Wildman–Crippen MR) is 107 cm³/mol. The number of fused-ring (bicyclic) bond motifs is 1. The Kier molecular flexibility index (Phi) is 4.84. The van der Waals surface area contributed by atoms with Gasteiger partial charge in [-0.2, -0.15) is 0 Å². The fourth-order valence-corrected chi connectivity index (χ4v) is 4.16. The van der Waals surface area contributed by atoms with Gasteiger partial charge in [0.25, 0.3) is 0 Å². The maximum absolute atomic E-state index is 6.68. The number of para-hydroxylation sites is 1. The van der Waals surface area contributed by atoms with Crippen molar-refractivity contribution in [2.45, 2.75) is 32.4 Å². The smallest absolute Gasteiger partial charge is 0.119 e. The average Bonchev–Trinajstić information content (AvgIpc) is 3.14. The van der Waals surface area contributed by atoms with Crippen molar-refractivity contribution < 1.29 is 4.74 Å². The number of methoxy groups -OCH3 is 1. The lowest BCUT2D eigenvalue weighted by Crippen LogP contribution is -2.23. The number of nitrogens with zero attached hydrogens (tertiary/aromatic N) is 2. The summed E-state index contributed by atoms with van der Waals surface area (Å²) in [6.07, 6.45) is 2.34. The van der Waals surface area contributed by atoms with Gasteiger partial charge in [-0.25, -0.2) is 4.98 Å². The van der Waals surface area contributed by atoms with Crippen molar-refractivity contribution in [2.24, 2.45) is 0 Å². The molecule has 2 aromatic carbocycles. The summed E-state index contributed by atoms with van der Waals surface area (Å²) < 4.78 is 5.40. The maximum Gasteiger partial charge on any atom is 0.119 e. The highest BCUT2D eigenvalue weighted by atomic mass is 35.5. The molecule has 2 heterocycles. The van der Waals surface area contributed by atoms with E-state index in [2.05, 4.69) is 42.2 Å². The van der Waals surface area contributed by atoms with Crippen LogP contribution in [0, 0.1) is 6.92 Å². The second kappa shape index (κ2) is 7.26. The van der Waals surface area contributed by atoms with E-state index in [4.69, 9.17) is 21.3 Å². The monoisotopic (exact) mass is 366 g/mol. The number of aryl methyl sites for hydroxylation is 1. The van der Waals surface area contributed by atoms with Crippen molar-refractivity contribution in [3.05, 3.63) is 70.4 Å². The van der Waals surface area contributed by atoms with Gasteiger partial charge in [0.1, 0.15) is 5.75 Å². The number of halogens is 1. The summed E-state index contributed by atoms with van der Waals surface area (Å²) in [5.74, 6) is 0.909. The lowest BCUT2D eigenvalue weighted by atomic mass is 10.0. The molecule has 0 aliphatic carbocycles. The summed E-state index contributed by atoms with van der Waals surface area (Å²) >= 11 is 6.68. The molecule has 0 spiro atoms. The second-order valence-corrected chi connectivity index (χ2v) is 7.30. The van der Waals surface area contributed by atoms with Crippen molar-refractivity contribution in [1.82, 2.24) is 9.88 Å². The molecule has 1 atom stereocenters. The fraction of sp³-hybridized carbons (Fsp3) is 0.318. The summed E-state index contributed by atoms with van der Waals surface area (Å²) in [4.78, 5) is 7.35. The van der Waals surface area contributed by atoms with Gasteiger partial charge >= 0.3 is 0 Å². The highest BCUT2D eigenvalue weighted by molar-refractivity contribution is 6.32. The lowest BCUT2D eigenvalue weighted by molar-refractivity contribution is 0.245. The molecule has 3 nitrogen and oxygen atoms in total. The van der Waals surface area contributed by atoms with Crippen LogP contribution < -0.4 is 4.74 Å². The Hall–Kier alpha value is -2.10. The second-order valence-electron chi connectivity index (χ2n) is 6.92. The number of likely N-dealkylation sites (tertiary alicyclic amines) is 1. The van der Waals surface area contributed by atoms with Crippen molar-refractivity contribution in [2.75, 3.05) is 13.7 Å². The van der Waals surface area contributed by atoms with E-state index in [1.807, 2.05) is 18.2 Å². The molecule has 1 saturated heterocycles. The molecule has 1 fully saturated rings. The zero-order valence-corrected chi connectivity index (χ0v) is 16.0. The summed E-state index contributed by atoms with van der Waals surface area (Å²) in [5.41, 5.74) is 4.40. The molecule has 0 bridgehead atoms. The van der Waals surface area contributed by atoms with E-state index in [1.165, 1.54) is 12.0 Å². The van der Waals surface area contributed by atoms with E-state index >= 15 is 0 Å². The predicted octanol–water partition coefficient (Wildman–Crippen LogP) is 5.54. The molecule has 1 aliphatic heterocycles. The summed E-state index contributed by atoms with van der Waals surface area (Å²) in [7, 11) is 1.72. The molecular formula is C22H23ClN2O. The molecule has 4 rings (SSSR count). The van der Waals surface area contributed by atoms with Gasteiger partial charge in [0.05, 0.1) is 23.3 Å². The minimum Gasteiger partial charge on any atom is -0.497 e. The molecule has 0 radical (unpaired) electrons. The first-order chi connectivity index (χ1) is 12.7. The number of pyridine rings is 1. The summed E-state index contributed by atoms with van der Waals surface area (Å²) in [5, 5.41) is 1.92. The van der Waals surface area contributed by atoms with Crippen LogP contribution in [0.3, 0.4) is 0 Å². The van der Waals surface area contributed by atoms with Crippen LogP contribution in [0.1, 0.15) is 35.7 Å². The fourth-order valence-electron chi connectivity index (χ4n) is 3.96. The largest absolute Gasteiger partial charge is 0.497 e. The molecule has 4 heteroatoms. The van der Waals surface area contributed by atoms with Gasteiger partial charge in [0.2, 0.25) is 0 Å². The minimum atomic E-state index is 0.384. The highest BCUT2D eigenvalue weighted by Gasteiger charge is 2.27. The zero-order chi connectivity index (χ0) is 18.1. The highest BCUT2D eigenvalue weighted by Crippen LogP contribution is 2.36. The van der Waals surface area contributed by atoms with Crippen LogP contribution in [0.2, 0.25) is 5.02 Å². The Morgan fingerprint density at radius 1 is 1.19 bits per heavy atom. The minimum absolute atomic E-state index is 0.384. The third-order valence-electron chi connectivity index (χ3n) is 5.34. The normalized spacial score (nSPS) is 17.7. The van der Waals surface area contributed by atoms with Gasteiger partial charge in [-0.3, -0.25) is 4.90 Å². The molecule has 0 saturated carbocycles. The first kappa shape index (κ1) is 17.3. The van der Waals surface area contributed by atoms with Gasteiger partial charge < -0.3 is 4.74 Å². The third-order valence-corrected chi connectivity index (χ3v) is 5.84. The van der Waals surface area contributed by atoms with Crippen molar-refractivity contribution in [1.29, 1.82) is 0 Å². The van der Waals surface area contributed by atoms with E-state index < -0.39 is 0 Å².